The normalized spacial score (nSPS) is 10.7. The van der Waals surface area contributed by atoms with E-state index in [0.29, 0.717) is 22.2 Å². The van der Waals surface area contributed by atoms with Crippen LogP contribution >= 0.6 is 0 Å². The van der Waals surface area contributed by atoms with Crippen molar-refractivity contribution in [1.82, 2.24) is 9.55 Å². The van der Waals surface area contributed by atoms with Crippen LogP contribution in [0.5, 0.6) is 0 Å². The van der Waals surface area contributed by atoms with Gasteiger partial charge in [0.2, 0.25) is 5.58 Å². The molecule has 0 saturated carbocycles. The lowest BCUT2D eigenvalue weighted by molar-refractivity contribution is -0.148. The topological polar surface area (TPSA) is 118 Å². The Hall–Kier alpha value is -4.45. The number of nitrogens with zero attached hydrogens (tertiary/aromatic N) is 4. The molecule has 0 fully saturated rings. The van der Waals surface area contributed by atoms with Gasteiger partial charge in [0.1, 0.15) is 24.2 Å². The molecule has 4 aromatic rings. The van der Waals surface area contributed by atoms with Crippen molar-refractivity contribution in [3.05, 3.63) is 71.3 Å². The van der Waals surface area contributed by atoms with Crippen LogP contribution in [0.4, 0.5) is 5.69 Å². The molecule has 0 atom stereocenters. The van der Waals surface area contributed by atoms with E-state index in [1.165, 1.54) is 11.2 Å². The number of rotatable bonds is 6. The van der Waals surface area contributed by atoms with Crippen molar-refractivity contribution >= 4 is 39.6 Å². The molecular weight excluding hydrogens is 400 g/mol. The minimum atomic E-state index is -0.794. The molecule has 1 amide bonds. The molecule has 0 N–H and O–H groups in total. The summed E-state index contributed by atoms with van der Waals surface area (Å²) < 4.78 is 11.7. The van der Waals surface area contributed by atoms with Gasteiger partial charge < -0.3 is 9.15 Å². The molecule has 9 nitrogen and oxygen atoms in total. The molecule has 0 saturated heterocycles. The number of furan rings is 1. The van der Waals surface area contributed by atoms with Crippen LogP contribution in [-0.4, -0.2) is 34.6 Å². The molecule has 0 spiro atoms. The lowest BCUT2D eigenvalue weighted by atomic mass is 10.2. The van der Waals surface area contributed by atoms with Crippen molar-refractivity contribution in [3.63, 3.8) is 0 Å². The molecule has 9 heteroatoms. The maximum atomic E-state index is 12.7. The van der Waals surface area contributed by atoms with Crippen LogP contribution in [0.15, 0.2) is 70.1 Å². The van der Waals surface area contributed by atoms with Gasteiger partial charge in [0.15, 0.2) is 6.61 Å². The molecule has 154 valence electrons. The number of carbonyl (C=O) groups excluding carboxylic acids is 2. The Bertz CT molecular complexity index is 1370. The summed E-state index contributed by atoms with van der Waals surface area (Å²) in [5, 5.41) is 9.69. The largest absolute Gasteiger partial charge is 0.454 e. The Labute approximate surface area is 175 Å². The molecule has 31 heavy (non-hydrogen) atoms. The van der Waals surface area contributed by atoms with Gasteiger partial charge in [-0.1, -0.05) is 30.3 Å². The summed E-state index contributed by atoms with van der Waals surface area (Å²) in [6.07, 6.45) is 1.24. The Morgan fingerprint density at radius 3 is 2.65 bits per heavy atom. The van der Waals surface area contributed by atoms with E-state index in [2.05, 4.69) is 4.98 Å². The zero-order valence-electron chi connectivity index (χ0n) is 16.2. The van der Waals surface area contributed by atoms with Gasteiger partial charge in [-0.3, -0.25) is 23.9 Å². The molecule has 0 aliphatic heterocycles. The van der Waals surface area contributed by atoms with Crippen LogP contribution in [0, 0.1) is 11.3 Å². The van der Waals surface area contributed by atoms with Crippen LogP contribution in [0.3, 0.4) is 0 Å². The first-order valence-electron chi connectivity index (χ1n) is 9.33. The number of nitriles is 1. The third-order valence-corrected chi connectivity index (χ3v) is 4.60. The zero-order valence-corrected chi connectivity index (χ0v) is 16.2. The van der Waals surface area contributed by atoms with Gasteiger partial charge >= 0.3 is 5.97 Å². The number of esters is 1. The highest BCUT2D eigenvalue weighted by Gasteiger charge is 2.19. The van der Waals surface area contributed by atoms with Crippen LogP contribution in [0.25, 0.3) is 22.1 Å². The lowest BCUT2D eigenvalue weighted by Crippen LogP contribution is -2.35. The molecule has 2 heterocycles. The van der Waals surface area contributed by atoms with E-state index in [1.807, 2.05) is 12.1 Å². The molecule has 0 aliphatic rings. The SMILES string of the molecule is N#CCN(C(=O)COC(=O)Cn1cnc2c(oc3ccccc32)c1=O)c1ccccc1. The highest BCUT2D eigenvalue weighted by molar-refractivity contribution is 6.01. The predicted molar refractivity (Wildman–Crippen MR) is 111 cm³/mol. The van der Waals surface area contributed by atoms with Gasteiger partial charge in [-0.2, -0.15) is 5.26 Å². The molecule has 2 aromatic heterocycles. The Morgan fingerprint density at radius 2 is 1.87 bits per heavy atom. The average molecular weight is 416 g/mol. The fourth-order valence-electron chi connectivity index (χ4n) is 3.13. The number of carbonyl (C=O) groups is 2. The average Bonchev–Trinajstić information content (AvgIpc) is 3.18. The quantitative estimate of drug-likeness (QED) is 0.349. The van der Waals surface area contributed by atoms with Crippen LogP contribution in [-0.2, 0) is 20.9 Å². The summed E-state index contributed by atoms with van der Waals surface area (Å²) in [6, 6.07) is 17.6. The van der Waals surface area contributed by atoms with E-state index in [-0.39, 0.29) is 12.1 Å². The fraction of sp³-hybridized carbons (Fsp3) is 0.136. The summed E-state index contributed by atoms with van der Waals surface area (Å²) >= 11 is 0. The van der Waals surface area contributed by atoms with Crippen molar-refractivity contribution in [2.45, 2.75) is 6.54 Å². The highest BCUT2D eigenvalue weighted by atomic mass is 16.5. The van der Waals surface area contributed by atoms with Crippen molar-refractivity contribution in [3.8, 4) is 6.07 Å². The number of aromatic nitrogens is 2. The van der Waals surface area contributed by atoms with E-state index in [4.69, 9.17) is 14.4 Å². The van der Waals surface area contributed by atoms with Gasteiger partial charge in [-0.15, -0.1) is 0 Å². The molecule has 0 aliphatic carbocycles. The van der Waals surface area contributed by atoms with Crippen molar-refractivity contribution in [2.24, 2.45) is 0 Å². The van der Waals surface area contributed by atoms with E-state index in [0.717, 1.165) is 4.57 Å². The van der Waals surface area contributed by atoms with E-state index < -0.39 is 30.6 Å². The third-order valence-electron chi connectivity index (χ3n) is 4.60. The minimum Gasteiger partial charge on any atom is -0.454 e. The fourth-order valence-corrected chi connectivity index (χ4v) is 3.13. The number of hydrogen-bond donors (Lipinski definition) is 0. The van der Waals surface area contributed by atoms with Gasteiger partial charge in [-0.25, -0.2) is 4.98 Å². The second-order valence-corrected chi connectivity index (χ2v) is 6.59. The summed E-state index contributed by atoms with van der Waals surface area (Å²) in [7, 11) is 0. The second-order valence-electron chi connectivity index (χ2n) is 6.59. The number of para-hydroxylation sites is 2. The molecule has 0 bridgehead atoms. The van der Waals surface area contributed by atoms with Gasteiger partial charge in [0, 0.05) is 11.1 Å². The monoisotopic (exact) mass is 416 g/mol. The maximum absolute atomic E-state index is 12.7. The molecule has 0 radical (unpaired) electrons. The molecule has 2 aromatic carbocycles. The Morgan fingerprint density at radius 1 is 1.13 bits per heavy atom. The number of benzene rings is 2. The lowest BCUT2D eigenvalue weighted by Gasteiger charge is -2.19. The third kappa shape index (κ3) is 4.00. The Balaban J connectivity index is 1.46. The maximum Gasteiger partial charge on any atom is 0.326 e. The first-order chi connectivity index (χ1) is 15.1. The highest BCUT2D eigenvalue weighted by Crippen LogP contribution is 2.24. The summed E-state index contributed by atoms with van der Waals surface area (Å²) in [5.74, 6) is -1.35. The van der Waals surface area contributed by atoms with Crippen molar-refractivity contribution < 1.29 is 18.7 Å². The van der Waals surface area contributed by atoms with Gasteiger partial charge in [0.25, 0.3) is 11.5 Å². The minimum absolute atomic E-state index is 0.0387. The van der Waals surface area contributed by atoms with E-state index >= 15 is 0 Å². The smallest absolute Gasteiger partial charge is 0.326 e. The van der Waals surface area contributed by atoms with Gasteiger partial charge in [-0.05, 0) is 24.3 Å². The zero-order chi connectivity index (χ0) is 21.8. The van der Waals surface area contributed by atoms with Crippen LogP contribution in [0.2, 0.25) is 0 Å². The molecule has 0 unspecified atom stereocenters. The van der Waals surface area contributed by atoms with E-state index in [9.17, 15) is 14.4 Å². The molecule has 4 rings (SSSR count). The first-order valence-corrected chi connectivity index (χ1v) is 9.33. The number of hydrogen-bond acceptors (Lipinski definition) is 7. The number of fused-ring (bicyclic) bond motifs is 3. The second kappa shape index (κ2) is 8.51. The summed E-state index contributed by atoms with van der Waals surface area (Å²) in [4.78, 5) is 42.7. The number of ether oxygens (including phenoxy) is 1. The first kappa shape index (κ1) is 19.8. The summed E-state index contributed by atoms with van der Waals surface area (Å²) in [5.41, 5.74) is 0.958. The standard InChI is InChI=1S/C22H16N4O5/c23-10-11-26(15-6-2-1-3-7-15)18(27)13-30-19(28)12-25-14-24-20-16-8-4-5-9-17(16)31-21(20)22(25)29/h1-9,14H,11-13H2. The Kier molecular flexibility index (Phi) is 5.45. The summed E-state index contributed by atoms with van der Waals surface area (Å²) in [6.45, 7) is -1.19. The van der Waals surface area contributed by atoms with E-state index in [1.54, 1.807) is 48.5 Å². The van der Waals surface area contributed by atoms with Crippen LogP contribution < -0.4 is 10.5 Å². The van der Waals surface area contributed by atoms with Crippen molar-refractivity contribution in [2.75, 3.05) is 18.1 Å². The molecular formula is C22H16N4O5. The van der Waals surface area contributed by atoms with Crippen molar-refractivity contribution in [1.29, 1.82) is 5.26 Å². The van der Waals surface area contributed by atoms with Crippen LogP contribution in [0.1, 0.15) is 0 Å². The number of anilines is 1. The predicted octanol–water partition coefficient (Wildman–Crippen LogP) is 2.24. The number of amides is 1. The van der Waals surface area contributed by atoms with Gasteiger partial charge in [0.05, 0.1) is 12.4 Å².